The van der Waals surface area contributed by atoms with E-state index < -0.39 is 6.10 Å². The molecule has 0 saturated carbocycles. The van der Waals surface area contributed by atoms with E-state index in [0.717, 1.165) is 141 Å². The number of hydrogen-bond donors (Lipinski definition) is 0. The first kappa shape index (κ1) is 77.8. The maximum Gasteiger partial charge on any atom is 0.306 e. The van der Waals surface area contributed by atoms with Crippen LogP contribution in [0.2, 0.25) is 0 Å². The lowest BCUT2D eigenvalue weighted by molar-refractivity contribution is -0.167. The first-order chi connectivity index (χ1) is 40.5. The fourth-order valence-corrected chi connectivity index (χ4v) is 9.56. The zero-order chi connectivity index (χ0) is 59.2. The van der Waals surface area contributed by atoms with E-state index >= 15 is 0 Å². The van der Waals surface area contributed by atoms with E-state index in [1.54, 1.807) is 0 Å². The number of ether oxygens (including phenoxy) is 3. The zero-order valence-corrected chi connectivity index (χ0v) is 53.7. The van der Waals surface area contributed by atoms with Gasteiger partial charge in [-0.1, -0.05) is 316 Å². The van der Waals surface area contributed by atoms with Crippen LogP contribution in [0, 0.1) is 0 Å². The second kappa shape index (κ2) is 69.3. The van der Waals surface area contributed by atoms with E-state index in [1.807, 2.05) is 0 Å². The predicted molar refractivity (Wildman–Crippen MR) is 357 cm³/mol. The molecule has 82 heavy (non-hydrogen) atoms. The van der Waals surface area contributed by atoms with Gasteiger partial charge in [-0.3, -0.25) is 14.4 Å². The average molecular weight is 1140 g/mol. The van der Waals surface area contributed by atoms with E-state index in [9.17, 15) is 14.4 Å². The quantitative estimate of drug-likeness (QED) is 0.0261. The van der Waals surface area contributed by atoms with Crippen LogP contribution in [0.25, 0.3) is 0 Å². The maximum absolute atomic E-state index is 12.9. The van der Waals surface area contributed by atoms with E-state index in [4.69, 9.17) is 14.2 Å². The van der Waals surface area contributed by atoms with Crippen LogP contribution in [0.4, 0.5) is 0 Å². The topological polar surface area (TPSA) is 78.9 Å². The first-order valence-corrected chi connectivity index (χ1v) is 34.5. The van der Waals surface area contributed by atoms with Crippen molar-refractivity contribution >= 4 is 17.9 Å². The van der Waals surface area contributed by atoms with Crippen molar-refractivity contribution in [3.05, 3.63) is 122 Å². The molecule has 468 valence electrons. The van der Waals surface area contributed by atoms with Gasteiger partial charge in [0.1, 0.15) is 13.2 Å². The molecule has 0 N–H and O–H groups in total. The van der Waals surface area contributed by atoms with Crippen LogP contribution in [0.5, 0.6) is 0 Å². The average Bonchev–Trinajstić information content (AvgIpc) is 3.47. The molecular weight excluding hydrogens is 1010 g/mol. The highest BCUT2D eigenvalue weighted by Gasteiger charge is 2.19. The summed E-state index contributed by atoms with van der Waals surface area (Å²) in [5.41, 5.74) is 0. The fourth-order valence-electron chi connectivity index (χ4n) is 9.56. The minimum atomic E-state index is -0.786. The second-order valence-electron chi connectivity index (χ2n) is 22.7. The Morgan fingerprint density at radius 1 is 0.256 bits per heavy atom. The van der Waals surface area contributed by atoms with Crippen LogP contribution < -0.4 is 0 Å². The van der Waals surface area contributed by atoms with Crippen molar-refractivity contribution in [1.82, 2.24) is 0 Å². The Balaban J connectivity index is 4.22. The molecular formula is C76H128O6. The van der Waals surface area contributed by atoms with Crippen LogP contribution in [0.15, 0.2) is 122 Å². The Morgan fingerprint density at radius 3 is 0.793 bits per heavy atom. The second-order valence-corrected chi connectivity index (χ2v) is 22.7. The molecule has 0 spiro atoms. The highest BCUT2D eigenvalue weighted by molar-refractivity contribution is 5.71. The molecule has 0 saturated heterocycles. The number of unbranched alkanes of at least 4 members (excludes halogenated alkanes) is 31. The molecule has 0 aliphatic heterocycles. The van der Waals surface area contributed by atoms with Crippen molar-refractivity contribution in [2.24, 2.45) is 0 Å². The molecule has 0 aliphatic rings. The van der Waals surface area contributed by atoms with Gasteiger partial charge in [-0.2, -0.15) is 0 Å². The third kappa shape index (κ3) is 66.6. The summed E-state index contributed by atoms with van der Waals surface area (Å²) >= 11 is 0. The maximum atomic E-state index is 12.9. The van der Waals surface area contributed by atoms with Gasteiger partial charge in [0.05, 0.1) is 0 Å². The van der Waals surface area contributed by atoms with Gasteiger partial charge in [-0.15, -0.1) is 0 Å². The molecule has 0 radical (unpaired) electrons. The molecule has 0 rings (SSSR count). The Bertz CT molecular complexity index is 1690. The summed E-state index contributed by atoms with van der Waals surface area (Å²) in [6, 6.07) is 0. The molecule has 0 bridgehead atoms. The van der Waals surface area contributed by atoms with Crippen molar-refractivity contribution < 1.29 is 28.6 Å². The van der Waals surface area contributed by atoms with Gasteiger partial charge in [-0.25, -0.2) is 0 Å². The number of rotatable bonds is 62. The summed E-state index contributed by atoms with van der Waals surface area (Å²) in [5.74, 6) is -0.890. The van der Waals surface area contributed by atoms with Gasteiger partial charge < -0.3 is 14.2 Å². The van der Waals surface area contributed by atoms with Crippen LogP contribution >= 0.6 is 0 Å². The van der Waals surface area contributed by atoms with E-state index in [2.05, 4.69) is 142 Å². The summed E-state index contributed by atoms with van der Waals surface area (Å²) in [4.78, 5) is 38.3. The Hall–Kier alpha value is -4.19. The lowest BCUT2D eigenvalue weighted by atomic mass is 10.0. The molecule has 6 heteroatoms. The minimum Gasteiger partial charge on any atom is -0.462 e. The van der Waals surface area contributed by atoms with E-state index in [-0.39, 0.29) is 31.1 Å². The molecule has 0 heterocycles. The Morgan fingerprint density at radius 2 is 0.500 bits per heavy atom. The zero-order valence-electron chi connectivity index (χ0n) is 53.7. The van der Waals surface area contributed by atoms with Gasteiger partial charge in [0.15, 0.2) is 6.10 Å². The molecule has 1 unspecified atom stereocenters. The van der Waals surface area contributed by atoms with E-state index in [1.165, 1.54) is 141 Å². The van der Waals surface area contributed by atoms with Gasteiger partial charge >= 0.3 is 17.9 Å². The molecule has 0 amide bonds. The molecule has 6 nitrogen and oxygen atoms in total. The van der Waals surface area contributed by atoms with Crippen LogP contribution in [-0.2, 0) is 28.6 Å². The lowest BCUT2D eigenvalue weighted by Gasteiger charge is -2.18. The third-order valence-corrected chi connectivity index (χ3v) is 14.7. The Labute approximate surface area is 507 Å². The Kier molecular flexibility index (Phi) is 65.8. The summed E-state index contributed by atoms with van der Waals surface area (Å²) in [7, 11) is 0. The highest BCUT2D eigenvalue weighted by atomic mass is 16.6. The standard InChI is InChI=1S/C76H128O6/c1-4-7-10-13-16-19-22-25-27-29-30-31-32-33-34-35-36-37-38-39-40-41-42-43-44-45-46-47-49-51-54-57-60-63-66-69-75(78)81-72-73(71-80-74(77)68-65-62-59-56-53-50-24-21-18-15-12-9-6-3)82-76(79)70-67-64-61-58-55-52-48-28-26-23-20-17-14-11-8-5-2/h7,10,12,15-16,19,21,24-25,27,30-31,33-34,36-37,39-40,42-43,73H,4-6,8-9,11,13-14,17-18,20,22-23,26,28-29,32,35,38,41,44-72H2,1-3H3/b10-7-,15-12-,19-16-,24-21-,27-25-,31-30-,34-33-,37-36-,40-39-,43-42-. The van der Waals surface area contributed by atoms with Gasteiger partial charge in [0, 0.05) is 19.3 Å². The monoisotopic (exact) mass is 1140 g/mol. The minimum absolute atomic E-state index is 0.0831. The smallest absolute Gasteiger partial charge is 0.306 e. The van der Waals surface area contributed by atoms with Crippen molar-refractivity contribution in [3.63, 3.8) is 0 Å². The van der Waals surface area contributed by atoms with Crippen LogP contribution in [0.3, 0.4) is 0 Å². The van der Waals surface area contributed by atoms with Crippen molar-refractivity contribution in [3.8, 4) is 0 Å². The summed E-state index contributed by atoms with van der Waals surface area (Å²) < 4.78 is 16.9. The lowest BCUT2D eigenvalue weighted by Crippen LogP contribution is -2.30. The number of carbonyl (C=O) groups excluding carboxylic acids is 3. The van der Waals surface area contributed by atoms with Gasteiger partial charge in [0.25, 0.3) is 0 Å². The predicted octanol–water partition coefficient (Wildman–Crippen LogP) is 23.9. The largest absolute Gasteiger partial charge is 0.462 e. The molecule has 0 aromatic carbocycles. The molecule has 1 atom stereocenters. The van der Waals surface area contributed by atoms with Crippen molar-refractivity contribution in [2.45, 2.75) is 329 Å². The molecule has 0 aromatic rings. The number of carbonyl (C=O) groups is 3. The summed E-state index contributed by atoms with van der Waals surface area (Å²) in [5, 5.41) is 0. The van der Waals surface area contributed by atoms with E-state index in [0.29, 0.717) is 19.3 Å². The molecule has 0 fully saturated rings. The number of hydrogen-bond acceptors (Lipinski definition) is 6. The van der Waals surface area contributed by atoms with Crippen molar-refractivity contribution in [2.75, 3.05) is 13.2 Å². The SMILES string of the molecule is CC/C=C\C/C=C\C/C=C\C/C=C\C/C=C\C/C=C\C/C=C\C/C=C\CCCCCCCCCCCCC(=O)OCC(COC(=O)CCCCCCC/C=C\C/C=C\CCC)OC(=O)CCCCCCCCCCCCCCCCCC. The number of esters is 3. The third-order valence-electron chi connectivity index (χ3n) is 14.7. The van der Waals surface area contributed by atoms with Crippen LogP contribution in [-0.4, -0.2) is 37.2 Å². The fraction of sp³-hybridized carbons (Fsp3) is 0.697. The normalized spacial score (nSPS) is 12.9. The summed E-state index contributed by atoms with van der Waals surface area (Å²) in [6.07, 6.45) is 96.5. The molecule has 0 aromatic heterocycles. The van der Waals surface area contributed by atoms with Gasteiger partial charge in [-0.05, 0) is 109 Å². The van der Waals surface area contributed by atoms with Gasteiger partial charge in [0.2, 0.25) is 0 Å². The van der Waals surface area contributed by atoms with Crippen LogP contribution in [0.1, 0.15) is 323 Å². The first-order valence-electron chi connectivity index (χ1n) is 34.5. The van der Waals surface area contributed by atoms with Crippen molar-refractivity contribution in [1.29, 1.82) is 0 Å². The highest BCUT2D eigenvalue weighted by Crippen LogP contribution is 2.17. The number of allylic oxidation sites excluding steroid dienone is 20. The summed E-state index contributed by atoms with van der Waals surface area (Å²) in [6.45, 7) is 6.47. The molecule has 0 aliphatic carbocycles.